The summed E-state index contributed by atoms with van der Waals surface area (Å²) in [5.74, 6) is -0.113. The maximum Gasteiger partial charge on any atom is 0.268 e. The van der Waals surface area contributed by atoms with Crippen molar-refractivity contribution < 1.29 is 4.79 Å². The van der Waals surface area contributed by atoms with E-state index in [4.69, 9.17) is 0 Å². The molecule has 0 bridgehead atoms. The Labute approximate surface area is 116 Å². The van der Waals surface area contributed by atoms with Crippen molar-refractivity contribution in [1.82, 2.24) is 15.3 Å². The molecule has 0 aliphatic carbocycles. The summed E-state index contributed by atoms with van der Waals surface area (Å²) in [5, 5.41) is 3.97. The second-order valence-electron chi connectivity index (χ2n) is 4.75. The number of nitrogens with one attached hydrogen (secondary N) is 2. The topological polar surface area (TPSA) is 57.8 Å². The zero-order valence-corrected chi connectivity index (χ0v) is 11.1. The van der Waals surface area contributed by atoms with Crippen LogP contribution < -0.4 is 5.32 Å². The molecule has 3 rings (SSSR count). The average molecular weight is 265 g/mol. The summed E-state index contributed by atoms with van der Waals surface area (Å²) in [5.41, 5.74) is 2.50. The maximum atomic E-state index is 12.2. The van der Waals surface area contributed by atoms with Gasteiger partial charge in [0.25, 0.3) is 5.91 Å². The van der Waals surface area contributed by atoms with Gasteiger partial charge in [0.2, 0.25) is 0 Å². The van der Waals surface area contributed by atoms with E-state index in [0.717, 1.165) is 16.5 Å². The molecule has 2 heterocycles. The van der Waals surface area contributed by atoms with Crippen LogP contribution in [0.3, 0.4) is 0 Å². The number of nitrogens with zero attached hydrogens (tertiary/aromatic N) is 1. The lowest BCUT2D eigenvalue weighted by molar-refractivity contribution is 0.0935. The summed E-state index contributed by atoms with van der Waals surface area (Å²) in [6.07, 6.45) is 3.43. The Hall–Kier alpha value is -2.62. The molecule has 20 heavy (non-hydrogen) atoms. The molecule has 4 heteroatoms. The molecule has 1 atom stereocenters. The lowest BCUT2D eigenvalue weighted by atomic mass is 10.1. The number of carbonyl (C=O) groups excluding carboxylic acids is 1. The van der Waals surface area contributed by atoms with Crippen LogP contribution in [0, 0.1) is 0 Å². The quantitative estimate of drug-likeness (QED) is 0.764. The van der Waals surface area contributed by atoms with E-state index in [1.165, 1.54) is 0 Å². The molecule has 2 aromatic heterocycles. The van der Waals surface area contributed by atoms with E-state index in [0.29, 0.717) is 5.69 Å². The molecule has 0 saturated carbocycles. The molecule has 100 valence electrons. The number of aromatic amines is 1. The third-order valence-electron chi connectivity index (χ3n) is 3.32. The summed E-state index contributed by atoms with van der Waals surface area (Å²) in [6, 6.07) is 13.6. The number of hydrogen-bond donors (Lipinski definition) is 2. The Balaban J connectivity index is 1.79. The summed E-state index contributed by atoms with van der Waals surface area (Å²) >= 11 is 0. The third kappa shape index (κ3) is 2.40. The first-order chi connectivity index (χ1) is 9.74. The van der Waals surface area contributed by atoms with Crippen molar-refractivity contribution in [3.05, 3.63) is 66.1 Å². The van der Waals surface area contributed by atoms with E-state index in [1.807, 2.05) is 49.4 Å². The Kier molecular flexibility index (Phi) is 3.21. The van der Waals surface area contributed by atoms with Crippen molar-refractivity contribution >= 4 is 16.8 Å². The standard InChI is InChI=1S/C16H15N3O/c1-11(12-5-3-2-4-6-12)18-16(20)14-9-13-7-8-17-10-15(13)19-14/h2-11,19H,1H3,(H,18,20). The fourth-order valence-electron chi connectivity index (χ4n) is 2.19. The molecule has 0 aliphatic heterocycles. The van der Waals surface area contributed by atoms with Crippen LogP contribution in [0.4, 0.5) is 0 Å². The zero-order valence-electron chi connectivity index (χ0n) is 11.1. The molecule has 0 radical (unpaired) electrons. The van der Waals surface area contributed by atoms with Crippen LogP contribution in [0.2, 0.25) is 0 Å². The fraction of sp³-hybridized carbons (Fsp3) is 0.125. The normalized spacial score (nSPS) is 12.2. The fourth-order valence-corrected chi connectivity index (χ4v) is 2.19. The van der Waals surface area contributed by atoms with Gasteiger partial charge < -0.3 is 10.3 Å². The highest BCUT2D eigenvalue weighted by atomic mass is 16.1. The summed E-state index contributed by atoms with van der Waals surface area (Å²) in [7, 11) is 0. The van der Waals surface area contributed by atoms with Gasteiger partial charge in [-0.15, -0.1) is 0 Å². The molecule has 1 aromatic carbocycles. The van der Waals surface area contributed by atoms with Crippen LogP contribution in [0.5, 0.6) is 0 Å². The molecule has 1 unspecified atom stereocenters. The summed E-state index contributed by atoms with van der Waals surface area (Å²) in [4.78, 5) is 19.3. The van der Waals surface area contributed by atoms with Gasteiger partial charge in [0.15, 0.2) is 0 Å². The van der Waals surface area contributed by atoms with Crippen LogP contribution in [0.25, 0.3) is 10.9 Å². The average Bonchev–Trinajstić information content (AvgIpc) is 2.92. The minimum absolute atomic E-state index is 0.0340. The Morgan fingerprint density at radius 1 is 1.25 bits per heavy atom. The predicted molar refractivity (Wildman–Crippen MR) is 78.4 cm³/mol. The van der Waals surface area contributed by atoms with Gasteiger partial charge in [-0.3, -0.25) is 9.78 Å². The highest BCUT2D eigenvalue weighted by Crippen LogP contribution is 2.15. The van der Waals surface area contributed by atoms with Gasteiger partial charge in [0.1, 0.15) is 5.69 Å². The zero-order chi connectivity index (χ0) is 13.9. The Morgan fingerprint density at radius 3 is 2.80 bits per heavy atom. The van der Waals surface area contributed by atoms with Gasteiger partial charge in [-0.2, -0.15) is 0 Å². The van der Waals surface area contributed by atoms with Crippen molar-refractivity contribution in [2.45, 2.75) is 13.0 Å². The van der Waals surface area contributed by atoms with Gasteiger partial charge in [0, 0.05) is 11.6 Å². The number of hydrogen-bond acceptors (Lipinski definition) is 2. The van der Waals surface area contributed by atoms with Crippen LogP contribution in [-0.2, 0) is 0 Å². The molecule has 0 fully saturated rings. The van der Waals surface area contributed by atoms with Crippen molar-refractivity contribution in [2.24, 2.45) is 0 Å². The van der Waals surface area contributed by atoms with E-state index in [-0.39, 0.29) is 11.9 Å². The first-order valence-corrected chi connectivity index (χ1v) is 6.52. The molecule has 4 nitrogen and oxygen atoms in total. The third-order valence-corrected chi connectivity index (χ3v) is 3.32. The number of pyridine rings is 1. The van der Waals surface area contributed by atoms with Crippen molar-refractivity contribution in [3.8, 4) is 0 Å². The molecule has 2 N–H and O–H groups in total. The van der Waals surface area contributed by atoms with Gasteiger partial charge in [-0.05, 0) is 24.6 Å². The van der Waals surface area contributed by atoms with Gasteiger partial charge >= 0.3 is 0 Å². The molecule has 0 spiro atoms. The Bertz CT molecular complexity index is 701. The van der Waals surface area contributed by atoms with E-state index in [2.05, 4.69) is 15.3 Å². The van der Waals surface area contributed by atoms with Gasteiger partial charge in [-0.25, -0.2) is 0 Å². The number of carbonyl (C=O) groups is 1. The van der Waals surface area contributed by atoms with E-state index in [9.17, 15) is 4.79 Å². The Morgan fingerprint density at radius 2 is 2.05 bits per heavy atom. The molecule has 0 aliphatic rings. The SMILES string of the molecule is CC(NC(=O)c1cc2ccncc2[nH]1)c1ccccc1. The monoisotopic (exact) mass is 265 g/mol. The largest absolute Gasteiger partial charge is 0.349 e. The van der Waals surface area contributed by atoms with Crippen LogP contribution in [0.1, 0.15) is 29.0 Å². The summed E-state index contributed by atoms with van der Waals surface area (Å²) < 4.78 is 0. The smallest absolute Gasteiger partial charge is 0.268 e. The number of rotatable bonds is 3. The number of aromatic nitrogens is 2. The molecule has 0 saturated heterocycles. The predicted octanol–water partition coefficient (Wildman–Crippen LogP) is 3.05. The highest BCUT2D eigenvalue weighted by Gasteiger charge is 2.13. The number of amides is 1. The minimum atomic E-state index is -0.113. The van der Waals surface area contributed by atoms with Gasteiger partial charge in [-0.1, -0.05) is 30.3 Å². The minimum Gasteiger partial charge on any atom is -0.349 e. The lowest BCUT2D eigenvalue weighted by Gasteiger charge is -2.13. The number of H-pyrrole nitrogens is 1. The second kappa shape index (κ2) is 5.17. The number of fused-ring (bicyclic) bond motifs is 1. The van der Waals surface area contributed by atoms with Crippen LogP contribution in [-0.4, -0.2) is 15.9 Å². The first-order valence-electron chi connectivity index (χ1n) is 6.52. The van der Waals surface area contributed by atoms with Crippen LogP contribution in [0.15, 0.2) is 54.9 Å². The molecular weight excluding hydrogens is 250 g/mol. The van der Waals surface area contributed by atoms with Gasteiger partial charge in [0.05, 0.1) is 17.8 Å². The van der Waals surface area contributed by atoms with E-state index in [1.54, 1.807) is 12.4 Å². The maximum absolute atomic E-state index is 12.2. The first kappa shape index (κ1) is 12.4. The molecular formula is C16H15N3O. The van der Waals surface area contributed by atoms with Crippen molar-refractivity contribution in [1.29, 1.82) is 0 Å². The van der Waals surface area contributed by atoms with Crippen LogP contribution >= 0.6 is 0 Å². The van der Waals surface area contributed by atoms with E-state index < -0.39 is 0 Å². The van der Waals surface area contributed by atoms with Crippen molar-refractivity contribution in [2.75, 3.05) is 0 Å². The second-order valence-corrected chi connectivity index (χ2v) is 4.75. The van der Waals surface area contributed by atoms with Crippen molar-refractivity contribution in [3.63, 3.8) is 0 Å². The molecule has 3 aromatic rings. The highest BCUT2D eigenvalue weighted by molar-refractivity contribution is 5.97. The lowest BCUT2D eigenvalue weighted by Crippen LogP contribution is -2.26. The molecule has 1 amide bonds. The number of benzene rings is 1. The summed E-state index contributed by atoms with van der Waals surface area (Å²) in [6.45, 7) is 1.97. The van der Waals surface area contributed by atoms with E-state index >= 15 is 0 Å².